The standard InChI is InChI=1S/C31H36ClNO6S/c1-18-13-21(14-19(2)28(18)39-31(3,4)29(35)36)25-16-33(30(37)38-23-8-6-7-22(32)15-23)17-26(25)27(34)20-9-11-24(40-5)12-10-20/h9-15,22,25-26H,6-8,16-17H2,1-5H3,(H,35,36)/t22?,25-,26+/m0/s1. The summed E-state index contributed by atoms with van der Waals surface area (Å²) in [6, 6.07) is 11.4. The number of carboxylic acids is 1. The van der Waals surface area contributed by atoms with Crippen molar-refractivity contribution in [3.63, 3.8) is 0 Å². The van der Waals surface area contributed by atoms with Crippen molar-refractivity contribution in [2.75, 3.05) is 19.3 Å². The van der Waals surface area contributed by atoms with E-state index >= 15 is 0 Å². The fourth-order valence-electron chi connectivity index (χ4n) is 5.28. The number of benzene rings is 2. The van der Waals surface area contributed by atoms with E-state index < -0.39 is 23.6 Å². The largest absolute Gasteiger partial charge is 0.478 e. The van der Waals surface area contributed by atoms with Crippen LogP contribution in [-0.4, -0.2) is 58.2 Å². The van der Waals surface area contributed by atoms with Gasteiger partial charge >= 0.3 is 12.1 Å². The van der Waals surface area contributed by atoms with Crippen LogP contribution in [0.25, 0.3) is 0 Å². The number of thioether (sulfide) groups is 1. The normalized spacial score (nSPS) is 21.1. The molecule has 1 N–H and O–H groups in total. The predicted molar refractivity (Wildman–Crippen MR) is 157 cm³/mol. The lowest BCUT2D eigenvalue weighted by molar-refractivity contribution is -0.152. The second kappa shape index (κ2) is 12.3. The Hall–Kier alpha value is -2.97. The van der Waals surface area contributed by atoms with Gasteiger partial charge in [-0.2, -0.15) is 0 Å². The maximum Gasteiger partial charge on any atom is 0.414 e. The molecule has 0 spiro atoms. The highest BCUT2D eigenvalue weighted by molar-refractivity contribution is 7.98. The lowest BCUT2D eigenvalue weighted by atomic mass is 9.82. The molecule has 3 atom stereocenters. The van der Waals surface area contributed by atoms with Crippen LogP contribution >= 0.6 is 23.4 Å². The van der Waals surface area contributed by atoms with Gasteiger partial charge in [-0.25, -0.2) is 9.59 Å². The minimum atomic E-state index is -1.40. The lowest BCUT2D eigenvalue weighted by Crippen LogP contribution is -2.38. The molecule has 1 unspecified atom stereocenters. The zero-order chi connectivity index (χ0) is 29.2. The fourth-order valence-corrected chi connectivity index (χ4v) is 5.99. The van der Waals surface area contributed by atoms with Gasteiger partial charge in [-0.15, -0.1) is 23.4 Å². The number of allylic oxidation sites excluding steroid dienone is 2. The fraction of sp³-hybridized carbons (Fsp3) is 0.452. The van der Waals surface area contributed by atoms with Crippen LogP contribution in [0.3, 0.4) is 0 Å². The average Bonchev–Trinajstić information content (AvgIpc) is 3.36. The maximum atomic E-state index is 13.8. The van der Waals surface area contributed by atoms with Crippen LogP contribution in [0.4, 0.5) is 4.79 Å². The molecule has 0 saturated carbocycles. The van der Waals surface area contributed by atoms with Gasteiger partial charge in [-0.3, -0.25) is 4.79 Å². The van der Waals surface area contributed by atoms with Crippen molar-refractivity contribution >= 4 is 41.2 Å². The SMILES string of the molecule is CSc1ccc(C(=O)[C@@H]2CN(C(=O)OC3=CC(Cl)CCC3)C[C@H]2c2cc(C)c(OC(C)(C)C(=O)O)c(C)c2)cc1. The van der Waals surface area contributed by atoms with Crippen molar-refractivity contribution in [2.24, 2.45) is 5.92 Å². The number of Topliss-reactive ketones (excluding diaryl/α,β-unsaturated/α-hetero) is 1. The van der Waals surface area contributed by atoms with Crippen LogP contribution in [0.5, 0.6) is 5.75 Å². The number of carboxylic acid groups (broad SMARTS) is 1. The summed E-state index contributed by atoms with van der Waals surface area (Å²) in [5.74, 6) is -0.777. The first-order valence-corrected chi connectivity index (χ1v) is 15.1. The highest BCUT2D eigenvalue weighted by Gasteiger charge is 2.42. The van der Waals surface area contributed by atoms with Crippen LogP contribution < -0.4 is 4.74 Å². The molecule has 2 aromatic rings. The molecule has 1 saturated heterocycles. The molecule has 0 radical (unpaired) electrons. The van der Waals surface area contributed by atoms with E-state index in [4.69, 9.17) is 21.1 Å². The second-order valence-electron chi connectivity index (χ2n) is 11.0. The molecule has 1 amide bonds. The number of carbonyl (C=O) groups is 3. The van der Waals surface area contributed by atoms with Gasteiger partial charge < -0.3 is 19.5 Å². The molecule has 0 bridgehead atoms. The first kappa shape index (κ1) is 30.0. The number of nitrogens with zero attached hydrogens (tertiary/aromatic N) is 1. The van der Waals surface area contributed by atoms with Crippen molar-refractivity contribution in [2.45, 2.75) is 68.7 Å². The van der Waals surface area contributed by atoms with E-state index in [1.807, 2.05) is 56.5 Å². The lowest BCUT2D eigenvalue weighted by Gasteiger charge is -2.26. The Balaban J connectivity index is 1.65. The van der Waals surface area contributed by atoms with E-state index in [1.54, 1.807) is 22.7 Å². The summed E-state index contributed by atoms with van der Waals surface area (Å²) < 4.78 is 11.6. The molecule has 0 aromatic heterocycles. The molecule has 40 heavy (non-hydrogen) atoms. The van der Waals surface area contributed by atoms with Crippen molar-refractivity contribution in [1.82, 2.24) is 4.90 Å². The maximum absolute atomic E-state index is 13.8. The zero-order valence-corrected chi connectivity index (χ0v) is 25.1. The number of rotatable bonds is 8. The summed E-state index contributed by atoms with van der Waals surface area (Å²) in [7, 11) is 0. The van der Waals surface area contributed by atoms with Gasteiger partial charge in [0.1, 0.15) is 11.5 Å². The Morgan fingerprint density at radius 1 is 1.07 bits per heavy atom. The number of likely N-dealkylation sites (tertiary alicyclic amines) is 1. The number of amides is 1. The number of hydrogen-bond donors (Lipinski definition) is 1. The van der Waals surface area contributed by atoms with Crippen molar-refractivity contribution in [3.05, 3.63) is 70.5 Å². The Morgan fingerprint density at radius 2 is 1.73 bits per heavy atom. The molecule has 9 heteroatoms. The number of hydrogen-bond acceptors (Lipinski definition) is 6. The van der Waals surface area contributed by atoms with Crippen molar-refractivity contribution in [1.29, 1.82) is 0 Å². The number of aryl methyl sites for hydroxylation is 2. The number of ether oxygens (including phenoxy) is 2. The van der Waals surface area contributed by atoms with Gasteiger partial charge in [0.2, 0.25) is 0 Å². The van der Waals surface area contributed by atoms with E-state index in [2.05, 4.69) is 0 Å². The third-order valence-electron chi connectivity index (χ3n) is 7.56. The molecule has 7 nitrogen and oxygen atoms in total. The predicted octanol–water partition coefficient (Wildman–Crippen LogP) is 6.98. The number of carbonyl (C=O) groups excluding carboxylic acids is 2. The average molecular weight is 586 g/mol. The summed E-state index contributed by atoms with van der Waals surface area (Å²) in [6.45, 7) is 7.28. The van der Waals surface area contributed by atoms with E-state index in [0.717, 1.165) is 34.4 Å². The number of halogens is 1. The zero-order valence-electron chi connectivity index (χ0n) is 23.5. The topological polar surface area (TPSA) is 93.1 Å². The Morgan fingerprint density at radius 3 is 2.30 bits per heavy atom. The smallest absolute Gasteiger partial charge is 0.414 e. The Labute approximate surface area is 244 Å². The third-order valence-corrected chi connectivity index (χ3v) is 8.65. The summed E-state index contributed by atoms with van der Waals surface area (Å²) in [6.07, 6.45) is 5.65. The quantitative estimate of drug-likeness (QED) is 0.203. The third kappa shape index (κ3) is 6.66. The molecule has 2 aliphatic rings. The second-order valence-corrected chi connectivity index (χ2v) is 12.5. The summed E-state index contributed by atoms with van der Waals surface area (Å²) >= 11 is 7.85. The van der Waals surface area contributed by atoms with E-state index in [0.29, 0.717) is 30.0 Å². The molecule has 4 rings (SSSR count). The van der Waals surface area contributed by atoms with Crippen LogP contribution in [0, 0.1) is 19.8 Å². The monoisotopic (exact) mass is 585 g/mol. The van der Waals surface area contributed by atoms with Crippen LogP contribution in [-0.2, 0) is 9.53 Å². The van der Waals surface area contributed by atoms with Crippen molar-refractivity contribution < 1.29 is 29.0 Å². The number of ketones is 1. The van der Waals surface area contributed by atoms with Crippen LogP contribution in [0.15, 0.2) is 53.1 Å². The Kier molecular flexibility index (Phi) is 9.20. The van der Waals surface area contributed by atoms with Crippen LogP contribution in [0.1, 0.15) is 66.1 Å². The van der Waals surface area contributed by atoms with E-state index in [-0.39, 0.29) is 23.6 Å². The van der Waals surface area contributed by atoms with Gasteiger partial charge in [-0.05, 0) is 81.7 Å². The highest BCUT2D eigenvalue weighted by atomic mass is 35.5. The van der Waals surface area contributed by atoms with Gasteiger partial charge in [0.15, 0.2) is 11.4 Å². The molecule has 1 fully saturated rings. The molecule has 1 heterocycles. The van der Waals surface area contributed by atoms with E-state index in [9.17, 15) is 19.5 Å². The van der Waals surface area contributed by atoms with Crippen molar-refractivity contribution in [3.8, 4) is 5.75 Å². The molecular weight excluding hydrogens is 550 g/mol. The highest BCUT2D eigenvalue weighted by Crippen LogP contribution is 2.39. The molecule has 214 valence electrons. The van der Waals surface area contributed by atoms with E-state index in [1.165, 1.54) is 13.8 Å². The molecule has 1 aliphatic carbocycles. The van der Waals surface area contributed by atoms with Gasteiger partial charge in [0.05, 0.1) is 5.38 Å². The Bertz CT molecular complexity index is 1300. The minimum Gasteiger partial charge on any atom is -0.478 e. The summed E-state index contributed by atoms with van der Waals surface area (Å²) in [5.41, 5.74) is 1.62. The first-order valence-electron chi connectivity index (χ1n) is 13.4. The summed E-state index contributed by atoms with van der Waals surface area (Å²) in [5, 5.41) is 9.38. The minimum absolute atomic E-state index is 0.0340. The number of alkyl halides is 1. The molecule has 1 aliphatic heterocycles. The van der Waals surface area contributed by atoms with Gasteiger partial charge in [0.25, 0.3) is 0 Å². The van der Waals surface area contributed by atoms with Crippen LogP contribution in [0.2, 0.25) is 0 Å². The molecular formula is C31H36ClNO6S. The first-order chi connectivity index (χ1) is 18.9. The van der Waals surface area contributed by atoms with Gasteiger partial charge in [0, 0.05) is 41.8 Å². The van der Waals surface area contributed by atoms with Gasteiger partial charge in [-0.1, -0.05) is 24.3 Å². The number of aliphatic carboxylic acids is 1. The molecule has 2 aromatic carbocycles. The summed E-state index contributed by atoms with van der Waals surface area (Å²) in [4.78, 5) is 41.4.